The molecule has 1 atom stereocenters. The number of hydrogen-bond acceptors (Lipinski definition) is 1. The highest BCUT2D eigenvalue weighted by Crippen LogP contribution is 2.47. The zero-order valence-electron chi connectivity index (χ0n) is 11.4. The Morgan fingerprint density at radius 2 is 1.77 bits per heavy atom. The van der Waals surface area contributed by atoms with Gasteiger partial charge < -0.3 is 0 Å². The molecule has 0 bridgehead atoms. The molecule has 22 heavy (non-hydrogen) atoms. The number of hydrogen-bond donors (Lipinski definition) is 0. The first kappa shape index (κ1) is 15.7. The van der Waals surface area contributed by atoms with Crippen molar-refractivity contribution in [3.05, 3.63) is 71.3 Å². The molecular weight excluding hydrogens is 373 g/mol. The average molecular weight is 385 g/mol. The van der Waals surface area contributed by atoms with Crippen LogP contribution < -0.4 is 0 Å². The van der Waals surface area contributed by atoms with Gasteiger partial charge in [-0.3, -0.25) is 0 Å². The van der Waals surface area contributed by atoms with E-state index in [4.69, 9.17) is 0 Å². The zero-order chi connectivity index (χ0) is 15.7. The quantitative estimate of drug-likeness (QED) is 0.435. The number of fused-ring (bicyclic) bond motifs is 2. The van der Waals surface area contributed by atoms with Crippen LogP contribution in [-0.2, 0) is 6.18 Å². The van der Waals surface area contributed by atoms with E-state index in [0.717, 1.165) is 27.0 Å². The first-order valence-electron chi connectivity index (χ1n) is 6.71. The number of allylic oxidation sites excluding steroid dienone is 2. The van der Waals surface area contributed by atoms with Crippen molar-refractivity contribution in [2.75, 3.05) is 5.33 Å². The molecule has 5 heteroatoms. The van der Waals surface area contributed by atoms with Crippen LogP contribution in [0.2, 0.25) is 0 Å². The van der Waals surface area contributed by atoms with Crippen molar-refractivity contribution in [2.45, 2.75) is 21.9 Å². The van der Waals surface area contributed by atoms with Crippen LogP contribution in [0.3, 0.4) is 0 Å². The van der Waals surface area contributed by atoms with Crippen LogP contribution in [0.15, 0.2) is 64.4 Å². The predicted molar refractivity (Wildman–Crippen MR) is 86.8 cm³/mol. The second-order valence-electron chi connectivity index (χ2n) is 4.95. The zero-order valence-corrected chi connectivity index (χ0v) is 13.8. The summed E-state index contributed by atoms with van der Waals surface area (Å²) < 4.78 is 39.0. The Kier molecular flexibility index (Phi) is 4.37. The monoisotopic (exact) mass is 384 g/mol. The summed E-state index contributed by atoms with van der Waals surface area (Å²) in [5.74, 6) is -0.146. The molecule has 0 spiro atoms. The van der Waals surface area contributed by atoms with Crippen LogP contribution in [0.4, 0.5) is 13.2 Å². The fraction of sp³-hybridized carbons (Fsp3) is 0.176. The molecule has 3 rings (SSSR count). The smallest absolute Gasteiger partial charge is 0.166 e. The molecule has 0 nitrogen and oxygen atoms in total. The first-order valence-corrected chi connectivity index (χ1v) is 8.65. The van der Waals surface area contributed by atoms with Crippen molar-refractivity contribution in [1.29, 1.82) is 0 Å². The summed E-state index contributed by atoms with van der Waals surface area (Å²) in [4.78, 5) is 1.98. The van der Waals surface area contributed by atoms with E-state index in [9.17, 15) is 13.2 Å². The highest BCUT2D eigenvalue weighted by Gasteiger charge is 2.33. The van der Waals surface area contributed by atoms with Gasteiger partial charge in [-0.2, -0.15) is 13.2 Å². The Hall–Kier alpha value is -1.20. The maximum Gasteiger partial charge on any atom is 0.416 e. The normalized spacial score (nSPS) is 17.4. The molecule has 0 aromatic heterocycles. The van der Waals surface area contributed by atoms with Crippen molar-refractivity contribution in [3.8, 4) is 0 Å². The Morgan fingerprint density at radius 1 is 1.05 bits per heavy atom. The Bertz CT molecular complexity index is 722. The summed E-state index contributed by atoms with van der Waals surface area (Å²) >= 11 is 4.86. The minimum absolute atomic E-state index is 0.146. The Morgan fingerprint density at radius 3 is 2.50 bits per heavy atom. The lowest BCUT2D eigenvalue weighted by Gasteiger charge is -2.26. The van der Waals surface area contributed by atoms with Crippen LogP contribution in [0.5, 0.6) is 0 Å². The van der Waals surface area contributed by atoms with Gasteiger partial charge in [-0.15, -0.1) is 0 Å². The third-order valence-corrected chi connectivity index (χ3v) is 5.12. The van der Waals surface area contributed by atoms with E-state index in [1.165, 1.54) is 17.8 Å². The van der Waals surface area contributed by atoms with Crippen molar-refractivity contribution in [3.63, 3.8) is 0 Å². The van der Waals surface area contributed by atoms with Crippen molar-refractivity contribution >= 4 is 27.7 Å². The molecule has 0 fully saturated rings. The molecule has 114 valence electrons. The van der Waals surface area contributed by atoms with Crippen molar-refractivity contribution in [1.82, 2.24) is 0 Å². The summed E-state index contributed by atoms with van der Waals surface area (Å²) in [5.41, 5.74) is 1.18. The van der Waals surface area contributed by atoms with Crippen molar-refractivity contribution in [2.24, 2.45) is 0 Å². The summed E-state index contributed by atoms with van der Waals surface area (Å²) in [6, 6.07) is 11.9. The second-order valence-corrected chi connectivity index (χ2v) is 6.68. The van der Waals surface area contributed by atoms with Gasteiger partial charge in [0.15, 0.2) is 0 Å². The largest absolute Gasteiger partial charge is 0.416 e. The van der Waals surface area contributed by atoms with Gasteiger partial charge in [0.1, 0.15) is 0 Å². The lowest BCUT2D eigenvalue weighted by atomic mass is 9.89. The molecule has 0 radical (unpaired) electrons. The van der Waals surface area contributed by atoms with Gasteiger partial charge >= 0.3 is 6.18 Å². The van der Waals surface area contributed by atoms with E-state index in [2.05, 4.69) is 15.9 Å². The number of benzene rings is 2. The molecule has 0 saturated carbocycles. The molecule has 1 unspecified atom stereocenters. The van der Waals surface area contributed by atoms with E-state index in [0.29, 0.717) is 5.33 Å². The molecule has 1 aliphatic rings. The minimum Gasteiger partial charge on any atom is -0.166 e. The third-order valence-electron chi connectivity index (χ3n) is 3.56. The fourth-order valence-electron chi connectivity index (χ4n) is 2.57. The second kappa shape index (κ2) is 6.13. The minimum atomic E-state index is -4.32. The topological polar surface area (TPSA) is 0 Å². The molecule has 0 saturated heterocycles. The maximum atomic E-state index is 13.0. The molecular formula is C17H12BrF3S. The van der Waals surface area contributed by atoms with E-state index < -0.39 is 11.7 Å². The first-order chi connectivity index (χ1) is 10.5. The van der Waals surface area contributed by atoms with Gasteiger partial charge in [-0.1, -0.05) is 58.0 Å². The molecule has 1 heterocycles. The maximum absolute atomic E-state index is 13.0. The van der Waals surface area contributed by atoms with Crippen LogP contribution in [0.25, 0.3) is 0 Å². The molecule has 0 N–H and O–H groups in total. The molecule has 0 amide bonds. The van der Waals surface area contributed by atoms with Gasteiger partial charge in [-0.25, -0.2) is 0 Å². The van der Waals surface area contributed by atoms with E-state index in [1.807, 2.05) is 36.4 Å². The predicted octanol–water partition coefficient (Wildman–Crippen LogP) is 6.25. The Labute approximate surface area is 139 Å². The summed E-state index contributed by atoms with van der Waals surface area (Å²) in [6.07, 6.45) is -0.423. The Balaban J connectivity index is 2.15. The third kappa shape index (κ3) is 2.97. The molecule has 1 aliphatic heterocycles. The van der Waals surface area contributed by atoms with E-state index in [-0.39, 0.29) is 5.92 Å². The standard InChI is InChI=1S/C17H12BrF3S/c18-9-3-5-12-13-4-1-2-6-15(13)22-16-8-7-11(10-14(12)16)17(19,20)21/h1-8,10,12H,9H2/b5-3+. The van der Waals surface area contributed by atoms with Gasteiger partial charge in [-0.05, 0) is 35.4 Å². The van der Waals surface area contributed by atoms with Gasteiger partial charge in [0.05, 0.1) is 5.56 Å². The number of halogens is 4. The van der Waals surface area contributed by atoms with Gasteiger partial charge in [0, 0.05) is 21.0 Å². The van der Waals surface area contributed by atoms with Gasteiger partial charge in [0.2, 0.25) is 0 Å². The highest BCUT2D eigenvalue weighted by atomic mass is 79.9. The number of rotatable bonds is 2. The van der Waals surface area contributed by atoms with Crippen LogP contribution in [0.1, 0.15) is 22.6 Å². The van der Waals surface area contributed by atoms with Crippen LogP contribution in [0, 0.1) is 0 Å². The summed E-state index contributed by atoms with van der Waals surface area (Å²) in [5, 5.41) is 0.674. The van der Waals surface area contributed by atoms with Crippen LogP contribution in [-0.4, -0.2) is 5.33 Å². The SMILES string of the molecule is FC(F)(F)c1ccc2c(c1)C(/C=C/CBr)c1ccccc1S2. The molecule has 0 aliphatic carbocycles. The van der Waals surface area contributed by atoms with E-state index in [1.54, 1.807) is 6.07 Å². The van der Waals surface area contributed by atoms with Crippen molar-refractivity contribution < 1.29 is 13.2 Å². The fourth-order valence-corrected chi connectivity index (χ4v) is 3.92. The lowest BCUT2D eigenvalue weighted by Crippen LogP contribution is -2.10. The number of alkyl halides is 4. The molecule has 2 aromatic carbocycles. The average Bonchev–Trinajstić information content (AvgIpc) is 2.50. The lowest BCUT2D eigenvalue weighted by molar-refractivity contribution is -0.137. The van der Waals surface area contributed by atoms with E-state index >= 15 is 0 Å². The highest BCUT2D eigenvalue weighted by molar-refractivity contribution is 9.09. The summed E-state index contributed by atoms with van der Waals surface area (Å²) in [7, 11) is 0. The molecule has 2 aromatic rings. The summed E-state index contributed by atoms with van der Waals surface area (Å²) in [6.45, 7) is 0. The van der Waals surface area contributed by atoms with Crippen LogP contribution >= 0.6 is 27.7 Å². The van der Waals surface area contributed by atoms with Gasteiger partial charge in [0.25, 0.3) is 0 Å².